The van der Waals surface area contributed by atoms with E-state index >= 15 is 0 Å². The van der Waals surface area contributed by atoms with E-state index < -0.39 is 4.92 Å². The molecule has 0 aliphatic carbocycles. The van der Waals surface area contributed by atoms with E-state index in [0.29, 0.717) is 25.4 Å². The largest absolute Gasteiger partial charge is 0.497 e. The summed E-state index contributed by atoms with van der Waals surface area (Å²) in [5.74, 6) is 0.802. The van der Waals surface area contributed by atoms with Gasteiger partial charge in [-0.1, -0.05) is 12.1 Å². The number of hydrogen-bond donors (Lipinski definition) is 1. The molecule has 1 N–H and O–H groups in total. The predicted molar refractivity (Wildman–Crippen MR) is 101 cm³/mol. The highest BCUT2D eigenvalue weighted by Crippen LogP contribution is 2.36. The first-order valence-electron chi connectivity index (χ1n) is 8.73. The van der Waals surface area contributed by atoms with E-state index in [0.717, 1.165) is 18.6 Å². The first-order chi connectivity index (χ1) is 13.1. The number of benzene rings is 2. The van der Waals surface area contributed by atoms with Crippen molar-refractivity contribution in [2.75, 3.05) is 32.2 Å². The molecule has 2 aromatic carbocycles. The molecule has 7 heteroatoms. The van der Waals surface area contributed by atoms with Gasteiger partial charge in [0.2, 0.25) is 0 Å². The van der Waals surface area contributed by atoms with Gasteiger partial charge in [0.25, 0.3) is 5.69 Å². The highest BCUT2D eigenvalue weighted by Gasteiger charge is 2.34. The van der Waals surface area contributed by atoms with E-state index in [2.05, 4.69) is 17.4 Å². The number of ether oxygens (including phenoxy) is 2. The lowest BCUT2D eigenvalue weighted by Crippen LogP contribution is -2.40. The van der Waals surface area contributed by atoms with Gasteiger partial charge in [0.1, 0.15) is 11.8 Å². The molecule has 1 saturated heterocycles. The van der Waals surface area contributed by atoms with Crippen molar-refractivity contribution < 1.29 is 14.4 Å². The van der Waals surface area contributed by atoms with Crippen molar-refractivity contribution in [3.8, 4) is 11.8 Å². The summed E-state index contributed by atoms with van der Waals surface area (Å²) in [6, 6.07) is 14.4. The Morgan fingerprint density at radius 3 is 2.56 bits per heavy atom. The number of non-ortho nitro benzene ring substituents is 1. The average Bonchev–Trinajstić information content (AvgIpc) is 2.72. The molecule has 0 radical (unpaired) electrons. The molecule has 0 bridgehead atoms. The Hall–Kier alpha value is -3.11. The number of anilines is 1. The number of hydrogen-bond acceptors (Lipinski definition) is 6. The van der Waals surface area contributed by atoms with Gasteiger partial charge < -0.3 is 14.8 Å². The van der Waals surface area contributed by atoms with Crippen molar-refractivity contribution in [2.45, 2.75) is 18.3 Å². The van der Waals surface area contributed by atoms with Gasteiger partial charge in [-0.3, -0.25) is 10.1 Å². The fourth-order valence-corrected chi connectivity index (χ4v) is 3.43. The number of rotatable bonds is 6. The second kappa shape index (κ2) is 8.06. The first kappa shape index (κ1) is 18.7. The minimum atomic E-state index is -0.498. The van der Waals surface area contributed by atoms with Crippen LogP contribution in [-0.4, -0.2) is 31.8 Å². The van der Waals surface area contributed by atoms with Crippen molar-refractivity contribution in [2.24, 2.45) is 0 Å². The maximum atomic E-state index is 10.9. The molecule has 2 aromatic rings. The Morgan fingerprint density at radius 1 is 1.26 bits per heavy atom. The molecule has 1 fully saturated rings. The topological polar surface area (TPSA) is 97.4 Å². The van der Waals surface area contributed by atoms with Crippen molar-refractivity contribution >= 4 is 11.4 Å². The van der Waals surface area contributed by atoms with Crippen LogP contribution in [0.25, 0.3) is 0 Å². The summed E-state index contributed by atoms with van der Waals surface area (Å²) in [5.41, 5.74) is 1.81. The number of nitrogens with zero attached hydrogens (tertiary/aromatic N) is 2. The van der Waals surface area contributed by atoms with Crippen molar-refractivity contribution in [1.29, 1.82) is 5.26 Å². The molecule has 27 heavy (non-hydrogen) atoms. The van der Waals surface area contributed by atoms with E-state index in [-0.39, 0.29) is 16.7 Å². The maximum absolute atomic E-state index is 10.9. The molecule has 0 spiro atoms. The van der Waals surface area contributed by atoms with Crippen LogP contribution in [0.3, 0.4) is 0 Å². The van der Waals surface area contributed by atoms with Gasteiger partial charge in [-0.15, -0.1) is 0 Å². The molecule has 0 atom stereocenters. The fourth-order valence-electron chi connectivity index (χ4n) is 3.43. The maximum Gasteiger partial charge on any atom is 0.270 e. The van der Waals surface area contributed by atoms with Crippen LogP contribution in [0.4, 0.5) is 11.4 Å². The fraction of sp³-hybridized carbons (Fsp3) is 0.350. The molecule has 0 unspecified atom stereocenters. The van der Waals surface area contributed by atoms with Crippen LogP contribution in [0, 0.1) is 21.4 Å². The Bertz CT molecular complexity index is 853. The molecule has 7 nitrogen and oxygen atoms in total. The lowest BCUT2D eigenvalue weighted by Gasteiger charge is -2.38. The van der Waals surface area contributed by atoms with Gasteiger partial charge >= 0.3 is 0 Å². The number of nitro benzene ring substituents is 1. The summed E-state index contributed by atoms with van der Waals surface area (Å²) in [6.07, 6.45) is 1.70. The summed E-state index contributed by atoms with van der Waals surface area (Å²) in [7, 11) is 1.64. The van der Waals surface area contributed by atoms with Crippen LogP contribution in [0.15, 0.2) is 42.5 Å². The van der Waals surface area contributed by atoms with Crippen LogP contribution in [0.1, 0.15) is 24.0 Å². The van der Waals surface area contributed by atoms with Crippen LogP contribution >= 0.6 is 0 Å². The second-order valence-corrected chi connectivity index (χ2v) is 6.57. The number of nitriles is 1. The summed E-state index contributed by atoms with van der Waals surface area (Å²) in [5, 5.41) is 23.6. The quantitative estimate of drug-likeness (QED) is 0.618. The molecule has 3 rings (SSSR count). The summed E-state index contributed by atoms with van der Waals surface area (Å²) < 4.78 is 10.8. The smallest absolute Gasteiger partial charge is 0.270 e. The monoisotopic (exact) mass is 367 g/mol. The second-order valence-electron chi connectivity index (χ2n) is 6.57. The van der Waals surface area contributed by atoms with Gasteiger partial charge in [-0.2, -0.15) is 5.26 Å². The van der Waals surface area contributed by atoms with E-state index in [1.165, 1.54) is 17.7 Å². The minimum absolute atomic E-state index is 0.0898. The zero-order valence-corrected chi connectivity index (χ0v) is 15.1. The number of methoxy groups -OCH3 is 1. The molecular formula is C20H21N3O4. The van der Waals surface area contributed by atoms with Crippen LogP contribution in [-0.2, 0) is 10.2 Å². The Morgan fingerprint density at radius 2 is 1.96 bits per heavy atom. The highest BCUT2D eigenvalue weighted by atomic mass is 16.6. The van der Waals surface area contributed by atoms with Gasteiger partial charge in [-0.05, 0) is 36.6 Å². The standard InChI is InChI=1S/C20H21N3O4/c1-26-18-5-2-16(3-6-18)20(8-10-27-11-9-20)14-22-19-7-4-17(23(24)25)12-15(19)13-21/h2-7,12,22H,8-11,14H2,1H3. The summed E-state index contributed by atoms with van der Waals surface area (Å²) in [6.45, 7) is 1.94. The highest BCUT2D eigenvalue weighted by molar-refractivity contribution is 5.61. The third-order valence-corrected chi connectivity index (χ3v) is 5.10. The van der Waals surface area contributed by atoms with Crippen molar-refractivity contribution in [3.05, 3.63) is 63.7 Å². The third-order valence-electron chi connectivity index (χ3n) is 5.10. The van der Waals surface area contributed by atoms with Gasteiger partial charge in [-0.25, -0.2) is 0 Å². The van der Waals surface area contributed by atoms with Crippen molar-refractivity contribution in [3.63, 3.8) is 0 Å². The van der Waals surface area contributed by atoms with Crippen LogP contribution in [0.5, 0.6) is 5.75 Å². The molecule has 1 aliphatic heterocycles. The molecule has 0 aromatic heterocycles. The van der Waals surface area contributed by atoms with E-state index in [9.17, 15) is 15.4 Å². The SMILES string of the molecule is COc1ccc(C2(CNc3ccc([N+](=O)[O-])cc3C#N)CCOCC2)cc1. The minimum Gasteiger partial charge on any atom is -0.497 e. The zero-order valence-electron chi connectivity index (χ0n) is 15.1. The molecule has 1 aliphatic rings. The van der Waals surface area contributed by atoms with Gasteiger partial charge in [0.05, 0.1) is 23.3 Å². The Labute approximate surface area is 157 Å². The lowest BCUT2D eigenvalue weighted by molar-refractivity contribution is -0.384. The predicted octanol–water partition coefficient (Wildman–Crippen LogP) is 3.64. The Kier molecular flexibility index (Phi) is 5.57. The molecule has 0 amide bonds. The van der Waals surface area contributed by atoms with E-state index in [1.54, 1.807) is 13.2 Å². The van der Waals surface area contributed by atoms with Crippen LogP contribution in [0.2, 0.25) is 0 Å². The molecule has 0 saturated carbocycles. The van der Waals surface area contributed by atoms with Crippen molar-refractivity contribution in [1.82, 2.24) is 0 Å². The molecular weight excluding hydrogens is 346 g/mol. The number of nitrogens with one attached hydrogen (secondary N) is 1. The first-order valence-corrected chi connectivity index (χ1v) is 8.73. The zero-order chi connectivity index (χ0) is 19.3. The van der Waals surface area contributed by atoms with Gasteiger partial charge in [0.15, 0.2) is 0 Å². The molecule has 1 heterocycles. The van der Waals surface area contributed by atoms with Crippen LogP contribution < -0.4 is 10.1 Å². The average molecular weight is 367 g/mol. The number of nitro groups is 1. The summed E-state index contributed by atoms with van der Waals surface area (Å²) in [4.78, 5) is 10.4. The van der Waals surface area contributed by atoms with E-state index in [4.69, 9.17) is 9.47 Å². The Balaban J connectivity index is 1.85. The third kappa shape index (κ3) is 4.01. The summed E-state index contributed by atoms with van der Waals surface area (Å²) >= 11 is 0. The lowest BCUT2D eigenvalue weighted by atomic mass is 9.74. The molecule has 140 valence electrons. The van der Waals surface area contributed by atoms with Gasteiger partial charge in [0, 0.05) is 37.3 Å². The normalized spacial score (nSPS) is 15.6. The van der Waals surface area contributed by atoms with E-state index in [1.807, 2.05) is 18.2 Å².